The molecule has 0 fully saturated rings. The van der Waals surface area contributed by atoms with Gasteiger partial charge in [-0.25, -0.2) is 4.39 Å². The molecule has 1 aromatic carbocycles. The van der Waals surface area contributed by atoms with Crippen molar-refractivity contribution in [1.29, 1.82) is 0 Å². The molecule has 74 valence electrons. The van der Waals surface area contributed by atoms with Crippen molar-refractivity contribution in [3.8, 4) is 0 Å². The summed E-state index contributed by atoms with van der Waals surface area (Å²) in [7, 11) is 0. The third-order valence-corrected chi connectivity index (χ3v) is 1.75. The maximum atomic E-state index is 13.1. The Balaban J connectivity index is 2.60. The summed E-state index contributed by atoms with van der Waals surface area (Å²) in [5.74, 6) is -0.881. The average Bonchev–Trinajstić information content (AvgIpc) is 2.18. The van der Waals surface area contributed by atoms with Crippen LogP contribution in [-0.4, -0.2) is 12.5 Å². The van der Waals surface area contributed by atoms with E-state index in [1.54, 1.807) is 18.2 Å². The van der Waals surface area contributed by atoms with Crippen LogP contribution in [0.15, 0.2) is 36.9 Å². The molecule has 0 aromatic heterocycles. The molecule has 0 saturated heterocycles. The molecule has 0 unspecified atom stereocenters. The lowest BCUT2D eigenvalue weighted by atomic mass is 10.2. The van der Waals surface area contributed by atoms with Crippen LogP contribution in [0, 0.1) is 5.82 Å². The van der Waals surface area contributed by atoms with Gasteiger partial charge in [0.1, 0.15) is 5.82 Å². The molecule has 1 rings (SSSR count). The summed E-state index contributed by atoms with van der Waals surface area (Å²) in [6, 6.07) is 5.91. The van der Waals surface area contributed by atoms with Crippen molar-refractivity contribution in [2.45, 2.75) is 6.42 Å². The molecule has 1 amide bonds. The summed E-state index contributed by atoms with van der Waals surface area (Å²) >= 11 is 0. The lowest BCUT2D eigenvalue weighted by Crippen LogP contribution is -2.24. The molecule has 0 aliphatic rings. The van der Waals surface area contributed by atoms with Gasteiger partial charge in [-0.1, -0.05) is 18.2 Å². The highest BCUT2D eigenvalue weighted by atomic mass is 19.1. The van der Waals surface area contributed by atoms with Gasteiger partial charge in [0.25, 0.3) is 5.91 Å². The molecule has 0 heterocycles. The zero-order valence-corrected chi connectivity index (χ0v) is 7.79. The number of hydrogen-bond donors (Lipinski definition) is 1. The Morgan fingerprint density at radius 2 is 2.21 bits per heavy atom. The Hall–Kier alpha value is -1.64. The van der Waals surface area contributed by atoms with Crippen LogP contribution >= 0.6 is 0 Å². The molecule has 0 saturated carbocycles. The fourth-order valence-corrected chi connectivity index (χ4v) is 1.03. The van der Waals surface area contributed by atoms with E-state index in [2.05, 4.69) is 11.9 Å². The fourth-order valence-electron chi connectivity index (χ4n) is 1.03. The highest BCUT2D eigenvalue weighted by Crippen LogP contribution is 2.05. The standard InChI is InChI=1S/C11H12FNO/c1-2-3-8-13-11(14)9-6-4-5-7-10(9)12/h2,4-7H,1,3,8H2,(H,13,14). The normalized spacial score (nSPS) is 9.50. The van der Waals surface area contributed by atoms with Gasteiger partial charge in [-0.15, -0.1) is 6.58 Å². The number of hydrogen-bond acceptors (Lipinski definition) is 1. The second-order valence-corrected chi connectivity index (χ2v) is 2.81. The van der Waals surface area contributed by atoms with E-state index in [9.17, 15) is 9.18 Å². The van der Waals surface area contributed by atoms with Gasteiger partial charge in [0.2, 0.25) is 0 Å². The lowest BCUT2D eigenvalue weighted by Gasteiger charge is -2.03. The van der Waals surface area contributed by atoms with Gasteiger partial charge in [0.15, 0.2) is 0 Å². The SMILES string of the molecule is C=CCCNC(=O)c1ccccc1F. The number of amides is 1. The minimum absolute atomic E-state index is 0.0802. The van der Waals surface area contributed by atoms with E-state index in [4.69, 9.17) is 0 Å². The Labute approximate surface area is 82.4 Å². The van der Waals surface area contributed by atoms with E-state index in [0.29, 0.717) is 13.0 Å². The molecule has 1 N–H and O–H groups in total. The van der Waals surface area contributed by atoms with Crippen molar-refractivity contribution in [3.63, 3.8) is 0 Å². The van der Waals surface area contributed by atoms with Crippen LogP contribution in [-0.2, 0) is 0 Å². The third-order valence-electron chi connectivity index (χ3n) is 1.75. The van der Waals surface area contributed by atoms with Crippen LogP contribution in [0.2, 0.25) is 0 Å². The summed E-state index contributed by atoms with van der Waals surface area (Å²) in [4.78, 5) is 11.4. The number of benzene rings is 1. The molecular formula is C11H12FNO. The van der Waals surface area contributed by atoms with Crippen LogP contribution in [0.25, 0.3) is 0 Å². The number of carbonyl (C=O) groups excluding carboxylic acids is 1. The van der Waals surface area contributed by atoms with Crippen LogP contribution < -0.4 is 5.32 Å². The third kappa shape index (κ3) is 2.69. The second-order valence-electron chi connectivity index (χ2n) is 2.81. The van der Waals surface area contributed by atoms with Crippen LogP contribution in [0.4, 0.5) is 4.39 Å². The van der Waals surface area contributed by atoms with E-state index >= 15 is 0 Å². The van der Waals surface area contributed by atoms with Crippen molar-refractivity contribution < 1.29 is 9.18 Å². The number of nitrogens with one attached hydrogen (secondary N) is 1. The zero-order chi connectivity index (χ0) is 10.4. The summed E-state index contributed by atoms with van der Waals surface area (Å²) in [6.07, 6.45) is 2.38. The molecule has 0 aliphatic heterocycles. The maximum absolute atomic E-state index is 13.1. The highest BCUT2D eigenvalue weighted by molar-refractivity contribution is 5.94. The highest BCUT2D eigenvalue weighted by Gasteiger charge is 2.08. The molecule has 0 bridgehead atoms. The predicted molar refractivity (Wildman–Crippen MR) is 53.5 cm³/mol. The van der Waals surface area contributed by atoms with Crippen molar-refractivity contribution in [2.24, 2.45) is 0 Å². The summed E-state index contributed by atoms with van der Waals surface area (Å²) in [5, 5.41) is 2.59. The molecule has 0 radical (unpaired) electrons. The zero-order valence-electron chi connectivity index (χ0n) is 7.79. The first-order chi connectivity index (χ1) is 6.75. The Morgan fingerprint density at radius 1 is 1.50 bits per heavy atom. The van der Waals surface area contributed by atoms with Gasteiger partial charge in [0.05, 0.1) is 5.56 Å². The van der Waals surface area contributed by atoms with Crippen LogP contribution in [0.5, 0.6) is 0 Å². The van der Waals surface area contributed by atoms with E-state index in [1.165, 1.54) is 12.1 Å². The Kier molecular flexibility index (Phi) is 3.85. The fraction of sp³-hybridized carbons (Fsp3) is 0.182. The molecular weight excluding hydrogens is 181 g/mol. The van der Waals surface area contributed by atoms with E-state index in [-0.39, 0.29) is 11.5 Å². The minimum atomic E-state index is -0.497. The summed E-state index contributed by atoms with van der Waals surface area (Å²) < 4.78 is 13.1. The molecule has 0 aliphatic carbocycles. The monoisotopic (exact) mass is 193 g/mol. The molecule has 14 heavy (non-hydrogen) atoms. The van der Waals surface area contributed by atoms with E-state index < -0.39 is 5.82 Å². The average molecular weight is 193 g/mol. The first kappa shape index (κ1) is 10.4. The van der Waals surface area contributed by atoms with Crippen molar-refractivity contribution >= 4 is 5.91 Å². The minimum Gasteiger partial charge on any atom is -0.352 e. The molecule has 0 atom stereocenters. The lowest BCUT2D eigenvalue weighted by molar-refractivity contribution is 0.0950. The van der Waals surface area contributed by atoms with Crippen molar-refractivity contribution in [1.82, 2.24) is 5.32 Å². The predicted octanol–water partition coefficient (Wildman–Crippen LogP) is 2.13. The van der Waals surface area contributed by atoms with Gasteiger partial charge in [0, 0.05) is 6.54 Å². The quantitative estimate of drug-likeness (QED) is 0.576. The first-order valence-electron chi connectivity index (χ1n) is 4.39. The smallest absolute Gasteiger partial charge is 0.254 e. The van der Waals surface area contributed by atoms with Gasteiger partial charge in [-0.3, -0.25) is 4.79 Å². The topological polar surface area (TPSA) is 29.1 Å². The largest absolute Gasteiger partial charge is 0.352 e. The van der Waals surface area contributed by atoms with Crippen molar-refractivity contribution in [2.75, 3.05) is 6.54 Å². The number of halogens is 1. The van der Waals surface area contributed by atoms with Gasteiger partial charge in [-0.2, -0.15) is 0 Å². The van der Waals surface area contributed by atoms with Crippen LogP contribution in [0.1, 0.15) is 16.8 Å². The van der Waals surface area contributed by atoms with Gasteiger partial charge >= 0.3 is 0 Å². The first-order valence-corrected chi connectivity index (χ1v) is 4.39. The molecule has 2 nitrogen and oxygen atoms in total. The van der Waals surface area contributed by atoms with E-state index in [1.807, 2.05) is 0 Å². The van der Waals surface area contributed by atoms with Gasteiger partial charge < -0.3 is 5.32 Å². The Morgan fingerprint density at radius 3 is 2.86 bits per heavy atom. The number of carbonyl (C=O) groups is 1. The second kappa shape index (κ2) is 5.17. The van der Waals surface area contributed by atoms with Crippen LogP contribution in [0.3, 0.4) is 0 Å². The van der Waals surface area contributed by atoms with Gasteiger partial charge in [-0.05, 0) is 18.6 Å². The number of rotatable bonds is 4. The summed E-state index contributed by atoms with van der Waals surface area (Å²) in [5.41, 5.74) is 0.0802. The molecule has 3 heteroatoms. The molecule has 1 aromatic rings. The van der Waals surface area contributed by atoms with Crippen molar-refractivity contribution in [3.05, 3.63) is 48.3 Å². The van der Waals surface area contributed by atoms with E-state index in [0.717, 1.165) is 0 Å². The molecule has 0 spiro atoms. The Bertz CT molecular complexity index is 336. The summed E-state index contributed by atoms with van der Waals surface area (Å²) in [6.45, 7) is 4.01. The maximum Gasteiger partial charge on any atom is 0.254 e.